The average Bonchev–Trinajstić information content (AvgIpc) is 2.82. The van der Waals surface area contributed by atoms with E-state index in [9.17, 15) is 18.0 Å². The molecule has 1 amide bonds. The standard InChI is InChI=1S/C24H24F3N3O4/c1-15-3-4-19(30-22(32)16-5-7-28-21(12-16)24(25,26)27)13-20(15)18-11-17(6-9-34-10-8-31)23(33-2)29-14-18/h3-5,7,11-14,31H,6,8-10H2,1-2H3,(H,30,32). The van der Waals surface area contributed by atoms with E-state index in [2.05, 4.69) is 15.3 Å². The molecule has 2 heterocycles. The van der Waals surface area contributed by atoms with Gasteiger partial charge in [0.1, 0.15) is 5.69 Å². The summed E-state index contributed by atoms with van der Waals surface area (Å²) in [6.07, 6.45) is -1.53. The van der Waals surface area contributed by atoms with E-state index in [-0.39, 0.29) is 18.8 Å². The van der Waals surface area contributed by atoms with Crippen LogP contribution in [0.15, 0.2) is 48.8 Å². The van der Waals surface area contributed by atoms with Gasteiger partial charge in [-0.15, -0.1) is 0 Å². The van der Waals surface area contributed by atoms with Gasteiger partial charge in [-0.05, 0) is 48.4 Å². The van der Waals surface area contributed by atoms with Crippen LogP contribution < -0.4 is 10.1 Å². The van der Waals surface area contributed by atoms with E-state index in [4.69, 9.17) is 14.6 Å². The van der Waals surface area contributed by atoms with Crippen LogP contribution in [0, 0.1) is 6.92 Å². The number of amides is 1. The number of hydrogen-bond donors (Lipinski definition) is 2. The summed E-state index contributed by atoms with van der Waals surface area (Å²) in [7, 11) is 1.52. The first-order chi connectivity index (χ1) is 16.2. The van der Waals surface area contributed by atoms with Gasteiger partial charge >= 0.3 is 6.18 Å². The number of aromatic nitrogens is 2. The molecule has 0 unspecified atom stereocenters. The van der Waals surface area contributed by atoms with Crippen molar-refractivity contribution in [1.82, 2.24) is 9.97 Å². The third-order valence-electron chi connectivity index (χ3n) is 4.99. The van der Waals surface area contributed by atoms with Crippen molar-refractivity contribution in [2.75, 3.05) is 32.2 Å². The number of alkyl halides is 3. The van der Waals surface area contributed by atoms with Crippen molar-refractivity contribution in [1.29, 1.82) is 0 Å². The van der Waals surface area contributed by atoms with E-state index in [1.807, 2.05) is 13.0 Å². The molecule has 0 radical (unpaired) electrons. The molecule has 1 aromatic carbocycles. The zero-order valence-electron chi connectivity index (χ0n) is 18.6. The van der Waals surface area contributed by atoms with Crippen LogP contribution in [0.1, 0.15) is 27.2 Å². The van der Waals surface area contributed by atoms with E-state index in [0.717, 1.165) is 28.5 Å². The van der Waals surface area contributed by atoms with Gasteiger partial charge in [-0.1, -0.05) is 6.07 Å². The van der Waals surface area contributed by atoms with Gasteiger partial charge in [-0.3, -0.25) is 9.78 Å². The van der Waals surface area contributed by atoms with E-state index in [1.54, 1.807) is 24.4 Å². The number of benzene rings is 1. The molecular formula is C24H24F3N3O4. The van der Waals surface area contributed by atoms with Gasteiger partial charge in [0.15, 0.2) is 0 Å². The minimum Gasteiger partial charge on any atom is -0.481 e. The predicted octanol–water partition coefficient (Wildman–Crippen LogP) is 4.28. The molecule has 0 aliphatic rings. The van der Waals surface area contributed by atoms with Crippen molar-refractivity contribution < 1.29 is 32.5 Å². The molecule has 0 aliphatic heterocycles. The van der Waals surface area contributed by atoms with Crippen LogP contribution in [0.3, 0.4) is 0 Å². The number of ether oxygens (including phenoxy) is 2. The largest absolute Gasteiger partial charge is 0.481 e. The van der Waals surface area contributed by atoms with Crippen LogP contribution in [0.4, 0.5) is 18.9 Å². The highest BCUT2D eigenvalue weighted by atomic mass is 19.4. The topological polar surface area (TPSA) is 93.6 Å². The molecule has 0 spiro atoms. The Morgan fingerprint density at radius 3 is 2.62 bits per heavy atom. The van der Waals surface area contributed by atoms with Crippen molar-refractivity contribution in [3.8, 4) is 17.0 Å². The van der Waals surface area contributed by atoms with E-state index in [1.165, 1.54) is 13.2 Å². The number of anilines is 1. The summed E-state index contributed by atoms with van der Waals surface area (Å²) in [6, 6.07) is 9.03. The molecule has 180 valence electrons. The van der Waals surface area contributed by atoms with Gasteiger partial charge in [0.2, 0.25) is 5.88 Å². The quantitative estimate of drug-likeness (QED) is 0.449. The monoisotopic (exact) mass is 475 g/mol. The van der Waals surface area contributed by atoms with E-state index < -0.39 is 17.8 Å². The lowest BCUT2D eigenvalue weighted by Gasteiger charge is -2.14. The number of pyridine rings is 2. The zero-order chi connectivity index (χ0) is 24.7. The Kier molecular flexibility index (Phi) is 8.19. The van der Waals surface area contributed by atoms with Crippen LogP contribution in [0.2, 0.25) is 0 Å². The minimum absolute atomic E-state index is 0.0653. The molecule has 0 aliphatic carbocycles. The van der Waals surface area contributed by atoms with Crippen LogP contribution in [0.5, 0.6) is 5.88 Å². The van der Waals surface area contributed by atoms with Gasteiger partial charge in [0, 0.05) is 41.2 Å². The molecule has 3 rings (SSSR count). The van der Waals surface area contributed by atoms with Gasteiger partial charge < -0.3 is 19.9 Å². The lowest BCUT2D eigenvalue weighted by Crippen LogP contribution is -2.15. The molecule has 2 aromatic heterocycles. The maximum absolute atomic E-state index is 12.9. The third-order valence-corrected chi connectivity index (χ3v) is 4.99. The summed E-state index contributed by atoms with van der Waals surface area (Å²) in [4.78, 5) is 20.2. The van der Waals surface area contributed by atoms with Crippen LogP contribution in [-0.2, 0) is 17.3 Å². The maximum Gasteiger partial charge on any atom is 0.433 e. The fourth-order valence-electron chi connectivity index (χ4n) is 3.30. The van der Waals surface area contributed by atoms with Crippen molar-refractivity contribution in [2.45, 2.75) is 19.5 Å². The summed E-state index contributed by atoms with van der Waals surface area (Å²) in [5.41, 5.74) is 2.41. The van der Waals surface area contributed by atoms with Gasteiger partial charge in [-0.25, -0.2) is 4.98 Å². The summed E-state index contributed by atoms with van der Waals surface area (Å²) >= 11 is 0. The van der Waals surface area contributed by atoms with Crippen LogP contribution in [0.25, 0.3) is 11.1 Å². The SMILES string of the molecule is COc1ncc(-c2cc(NC(=O)c3ccnc(C(F)(F)F)c3)ccc2C)cc1CCOCCO. The number of halogens is 3. The van der Waals surface area contributed by atoms with Crippen molar-refractivity contribution in [3.63, 3.8) is 0 Å². The average molecular weight is 475 g/mol. The molecule has 0 saturated carbocycles. The lowest BCUT2D eigenvalue weighted by molar-refractivity contribution is -0.141. The van der Waals surface area contributed by atoms with E-state index >= 15 is 0 Å². The normalized spacial score (nSPS) is 11.4. The second-order valence-corrected chi connectivity index (χ2v) is 7.39. The van der Waals surface area contributed by atoms with Crippen LogP contribution >= 0.6 is 0 Å². The Labute approximate surface area is 194 Å². The van der Waals surface area contributed by atoms with E-state index in [0.29, 0.717) is 30.7 Å². The van der Waals surface area contributed by atoms with Crippen molar-refractivity contribution in [2.24, 2.45) is 0 Å². The Morgan fingerprint density at radius 1 is 1.12 bits per heavy atom. The molecule has 2 N–H and O–H groups in total. The Hall–Kier alpha value is -3.50. The number of nitrogens with one attached hydrogen (secondary N) is 1. The van der Waals surface area contributed by atoms with Gasteiger partial charge in [0.25, 0.3) is 5.91 Å². The number of nitrogens with zero attached hydrogens (tertiary/aromatic N) is 2. The molecular weight excluding hydrogens is 451 g/mol. The predicted molar refractivity (Wildman–Crippen MR) is 120 cm³/mol. The molecule has 0 fully saturated rings. The van der Waals surface area contributed by atoms with Crippen LogP contribution in [-0.4, -0.2) is 47.9 Å². The fourth-order valence-corrected chi connectivity index (χ4v) is 3.30. The number of methoxy groups -OCH3 is 1. The first kappa shape index (κ1) is 25.1. The first-order valence-corrected chi connectivity index (χ1v) is 10.4. The van der Waals surface area contributed by atoms with Crippen molar-refractivity contribution >= 4 is 11.6 Å². The number of hydrogen-bond acceptors (Lipinski definition) is 6. The molecule has 34 heavy (non-hydrogen) atoms. The highest BCUT2D eigenvalue weighted by Gasteiger charge is 2.33. The molecule has 0 bridgehead atoms. The first-order valence-electron chi connectivity index (χ1n) is 10.4. The third kappa shape index (κ3) is 6.30. The van der Waals surface area contributed by atoms with Crippen molar-refractivity contribution in [3.05, 3.63) is 71.2 Å². The molecule has 7 nitrogen and oxygen atoms in total. The summed E-state index contributed by atoms with van der Waals surface area (Å²) < 4.78 is 49.4. The number of carbonyl (C=O) groups is 1. The number of aliphatic hydroxyl groups is 1. The highest BCUT2D eigenvalue weighted by Crippen LogP contribution is 2.30. The second-order valence-electron chi connectivity index (χ2n) is 7.39. The number of aryl methyl sites for hydroxylation is 1. The minimum atomic E-state index is -4.64. The molecule has 0 atom stereocenters. The smallest absolute Gasteiger partial charge is 0.433 e. The lowest BCUT2D eigenvalue weighted by atomic mass is 9.99. The number of rotatable bonds is 9. The second kappa shape index (κ2) is 11.1. The van der Waals surface area contributed by atoms with Gasteiger partial charge in [0.05, 0.1) is 26.9 Å². The Balaban J connectivity index is 1.84. The summed E-state index contributed by atoms with van der Waals surface area (Å²) in [6.45, 7) is 2.44. The zero-order valence-corrected chi connectivity index (χ0v) is 18.6. The fraction of sp³-hybridized carbons (Fsp3) is 0.292. The summed E-state index contributed by atoms with van der Waals surface area (Å²) in [5, 5.41) is 11.5. The Morgan fingerprint density at radius 2 is 1.91 bits per heavy atom. The highest BCUT2D eigenvalue weighted by molar-refractivity contribution is 6.04. The Bertz CT molecular complexity index is 1150. The van der Waals surface area contributed by atoms with Gasteiger partial charge in [-0.2, -0.15) is 13.2 Å². The number of carbonyl (C=O) groups excluding carboxylic acids is 1. The molecule has 0 saturated heterocycles. The number of aliphatic hydroxyl groups excluding tert-OH is 1. The maximum atomic E-state index is 12.9. The summed E-state index contributed by atoms with van der Waals surface area (Å²) in [5.74, 6) is -0.228. The molecule has 10 heteroatoms. The molecule has 3 aromatic rings.